The maximum absolute atomic E-state index is 14.0. The summed E-state index contributed by atoms with van der Waals surface area (Å²) < 4.78 is 36.1. The number of benzene rings is 3. The van der Waals surface area contributed by atoms with Gasteiger partial charge in [0.1, 0.15) is 35.9 Å². The maximum atomic E-state index is 14.0. The van der Waals surface area contributed by atoms with E-state index >= 15 is 0 Å². The summed E-state index contributed by atoms with van der Waals surface area (Å²) in [5, 5.41) is 4.10. The summed E-state index contributed by atoms with van der Waals surface area (Å²) in [6.07, 6.45) is 2.93. The Morgan fingerprint density at radius 2 is 1.64 bits per heavy atom. The molecule has 2 heterocycles. The number of methoxy groups -OCH3 is 2. The predicted molar refractivity (Wildman–Crippen MR) is 145 cm³/mol. The Balaban J connectivity index is 1.55. The molecule has 202 valence electrons. The van der Waals surface area contributed by atoms with Crippen LogP contribution in [0.2, 0.25) is 0 Å². The van der Waals surface area contributed by atoms with Crippen molar-refractivity contribution in [3.63, 3.8) is 0 Å². The van der Waals surface area contributed by atoms with E-state index in [1.165, 1.54) is 12.1 Å². The predicted octanol–water partition coefficient (Wildman–Crippen LogP) is 5.93. The molecule has 3 aromatic carbocycles. The van der Waals surface area contributed by atoms with Crippen LogP contribution in [0.5, 0.6) is 17.2 Å². The van der Waals surface area contributed by atoms with Crippen molar-refractivity contribution in [3.05, 3.63) is 94.1 Å². The van der Waals surface area contributed by atoms with Gasteiger partial charge < -0.3 is 23.6 Å². The molecule has 0 radical (unpaired) electrons. The lowest BCUT2D eigenvalue weighted by Gasteiger charge is -2.21. The van der Waals surface area contributed by atoms with Gasteiger partial charge in [0.15, 0.2) is 0 Å². The van der Waals surface area contributed by atoms with Crippen LogP contribution < -0.4 is 14.2 Å². The molecule has 0 fully saturated rings. The maximum Gasteiger partial charge on any atom is 0.258 e. The van der Waals surface area contributed by atoms with E-state index in [2.05, 4.69) is 5.16 Å². The normalized spacial score (nSPS) is 13.1. The first-order valence-electron chi connectivity index (χ1n) is 12.8. The number of carbonyl (C=O) groups is 1. The second-order valence-corrected chi connectivity index (χ2v) is 9.72. The highest BCUT2D eigenvalue weighted by atomic mass is 19.1. The van der Waals surface area contributed by atoms with Gasteiger partial charge in [0, 0.05) is 23.7 Å². The zero-order chi connectivity index (χ0) is 27.5. The molecular weight excluding hydrogens is 499 g/mol. The van der Waals surface area contributed by atoms with Crippen molar-refractivity contribution in [2.24, 2.45) is 0 Å². The first kappa shape index (κ1) is 26.3. The third-order valence-corrected chi connectivity index (χ3v) is 7.04. The van der Waals surface area contributed by atoms with Crippen LogP contribution in [0.3, 0.4) is 0 Å². The lowest BCUT2D eigenvalue weighted by molar-refractivity contribution is 0.0742. The third-order valence-electron chi connectivity index (χ3n) is 7.04. The highest BCUT2D eigenvalue weighted by molar-refractivity contribution is 6.00. The highest BCUT2D eigenvalue weighted by Crippen LogP contribution is 2.39. The van der Waals surface area contributed by atoms with E-state index < -0.39 is 0 Å². The van der Waals surface area contributed by atoms with E-state index in [9.17, 15) is 9.18 Å². The minimum Gasteiger partial charge on any atom is -0.497 e. The highest BCUT2D eigenvalue weighted by Gasteiger charge is 2.28. The first-order chi connectivity index (χ1) is 18.9. The van der Waals surface area contributed by atoms with Crippen LogP contribution in [0, 0.1) is 19.7 Å². The van der Waals surface area contributed by atoms with Gasteiger partial charge in [-0.3, -0.25) is 4.79 Å². The van der Waals surface area contributed by atoms with E-state index in [1.807, 2.05) is 38.1 Å². The van der Waals surface area contributed by atoms with Crippen LogP contribution in [0.25, 0.3) is 11.1 Å². The molecule has 0 atom stereocenters. The summed E-state index contributed by atoms with van der Waals surface area (Å²) >= 11 is 0. The van der Waals surface area contributed by atoms with Crippen LogP contribution in [-0.4, -0.2) is 43.3 Å². The summed E-state index contributed by atoms with van der Waals surface area (Å²) in [6.45, 7) is 4.91. The molecule has 0 spiro atoms. The van der Waals surface area contributed by atoms with Gasteiger partial charge in [-0.15, -0.1) is 0 Å². The Bertz CT molecular complexity index is 1490. The van der Waals surface area contributed by atoms with Crippen molar-refractivity contribution in [1.29, 1.82) is 0 Å². The van der Waals surface area contributed by atoms with Crippen LogP contribution in [0.1, 0.15) is 38.3 Å². The van der Waals surface area contributed by atoms with Gasteiger partial charge >= 0.3 is 0 Å². The molecule has 8 heteroatoms. The zero-order valence-electron chi connectivity index (χ0n) is 22.5. The number of rotatable bonds is 8. The van der Waals surface area contributed by atoms with Crippen molar-refractivity contribution in [2.45, 2.75) is 33.2 Å². The molecule has 1 amide bonds. The lowest BCUT2D eigenvalue weighted by atomic mass is 9.93. The summed E-state index contributed by atoms with van der Waals surface area (Å²) in [6, 6.07) is 14.2. The largest absolute Gasteiger partial charge is 0.497 e. The van der Waals surface area contributed by atoms with E-state index in [4.69, 9.17) is 18.7 Å². The van der Waals surface area contributed by atoms with Crippen molar-refractivity contribution >= 4 is 5.91 Å². The Hall–Kier alpha value is -4.33. The Kier molecular flexibility index (Phi) is 7.54. The molecule has 5 rings (SSSR count). The molecule has 0 aliphatic carbocycles. The number of ether oxygens (including phenoxy) is 3. The number of aromatic nitrogens is 1. The quantitative estimate of drug-likeness (QED) is 0.281. The van der Waals surface area contributed by atoms with Crippen molar-refractivity contribution in [3.8, 4) is 28.4 Å². The van der Waals surface area contributed by atoms with Crippen molar-refractivity contribution in [2.75, 3.05) is 27.4 Å². The van der Waals surface area contributed by atoms with Crippen LogP contribution in [-0.2, 0) is 19.4 Å². The number of halogens is 1. The van der Waals surface area contributed by atoms with Crippen molar-refractivity contribution < 1.29 is 27.9 Å². The average molecular weight is 531 g/mol. The fraction of sp³-hybridized carbons (Fsp3) is 0.290. The van der Waals surface area contributed by atoms with Gasteiger partial charge in [0.05, 0.1) is 32.0 Å². The second kappa shape index (κ2) is 11.2. The molecule has 0 saturated carbocycles. The SMILES string of the molecule is COc1cc(CN2CCOc3c(cc(CCc4nocc4C)cc3-c3ccc(F)cc3C)C2=O)cc(OC)c1. The van der Waals surface area contributed by atoms with Gasteiger partial charge in [-0.1, -0.05) is 11.2 Å². The molecule has 0 bridgehead atoms. The molecule has 0 N–H and O–H groups in total. The number of aryl methyl sites for hydroxylation is 4. The molecule has 0 unspecified atom stereocenters. The van der Waals surface area contributed by atoms with E-state index in [0.29, 0.717) is 55.4 Å². The summed E-state index contributed by atoms with van der Waals surface area (Å²) in [5.41, 5.74) is 6.55. The van der Waals surface area contributed by atoms with E-state index in [-0.39, 0.29) is 11.7 Å². The van der Waals surface area contributed by atoms with Gasteiger partial charge in [-0.25, -0.2) is 4.39 Å². The molecular formula is C31H31FN2O5. The van der Waals surface area contributed by atoms with Crippen LogP contribution in [0.4, 0.5) is 4.39 Å². The molecule has 7 nitrogen and oxygen atoms in total. The fourth-order valence-electron chi connectivity index (χ4n) is 4.95. The standard InChI is InChI=1S/C31H31FN2O5/c1-19-11-23(32)6-7-26(19)27-14-21(5-8-29-20(2)18-39-33-29)15-28-30(27)38-10-9-34(31(28)35)17-22-12-24(36-3)16-25(13-22)37-4/h6-7,11-16,18H,5,8-10,17H2,1-4H3. The summed E-state index contributed by atoms with van der Waals surface area (Å²) in [4.78, 5) is 15.8. The molecule has 1 aromatic heterocycles. The number of nitrogens with zero attached hydrogens (tertiary/aromatic N) is 2. The topological polar surface area (TPSA) is 74.0 Å². The summed E-state index contributed by atoms with van der Waals surface area (Å²) in [7, 11) is 3.20. The van der Waals surface area contributed by atoms with Gasteiger partial charge in [0.2, 0.25) is 0 Å². The number of amides is 1. The number of fused-ring (bicyclic) bond motifs is 1. The number of hydrogen-bond donors (Lipinski definition) is 0. The fourth-order valence-corrected chi connectivity index (χ4v) is 4.95. The lowest BCUT2D eigenvalue weighted by Crippen LogP contribution is -2.31. The third kappa shape index (κ3) is 5.60. The summed E-state index contributed by atoms with van der Waals surface area (Å²) in [5.74, 6) is 1.38. The zero-order valence-corrected chi connectivity index (χ0v) is 22.5. The second-order valence-electron chi connectivity index (χ2n) is 9.72. The Morgan fingerprint density at radius 1 is 0.897 bits per heavy atom. The van der Waals surface area contributed by atoms with Gasteiger partial charge in [0.25, 0.3) is 5.91 Å². The minimum atomic E-state index is -0.308. The molecule has 39 heavy (non-hydrogen) atoms. The molecule has 0 saturated heterocycles. The Labute approximate surface area is 227 Å². The monoisotopic (exact) mass is 530 g/mol. The Morgan fingerprint density at radius 3 is 2.31 bits per heavy atom. The van der Waals surface area contributed by atoms with Crippen LogP contribution >= 0.6 is 0 Å². The molecule has 4 aromatic rings. The van der Waals surface area contributed by atoms with E-state index in [1.54, 1.807) is 37.5 Å². The average Bonchev–Trinajstić information content (AvgIpc) is 3.28. The molecule has 1 aliphatic rings. The van der Waals surface area contributed by atoms with E-state index in [0.717, 1.165) is 39.1 Å². The van der Waals surface area contributed by atoms with Crippen molar-refractivity contribution in [1.82, 2.24) is 10.1 Å². The number of hydrogen-bond acceptors (Lipinski definition) is 6. The number of carbonyl (C=O) groups excluding carboxylic acids is 1. The first-order valence-corrected chi connectivity index (χ1v) is 12.8. The minimum absolute atomic E-state index is 0.134. The van der Waals surface area contributed by atoms with Gasteiger partial charge in [-0.2, -0.15) is 0 Å². The van der Waals surface area contributed by atoms with Crippen LogP contribution in [0.15, 0.2) is 59.3 Å². The molecule has 1 aliphatic heterocycles. The van der Waals surface area contributed by atoms with Gasteiger partial charge in [-0.05, 0) is 85.3 Å². The smallest absolute Gasteiger partial charge is 0.258 e.